The maximum atomic E-state index is 10.0. The zero-order chi connectivity index (χ0) is 13.7. The Labute approximate surface area is 119 Å². The second-order valence-corrected chi connectivity index (χ2v) is 6.45. The highest BCUT2D eigenvalue weighted by Gasteiger charge is 2.16. The van der Waals surface area contributed by atoms with Gasteiger partial charge in [-0.05, 0) is 31.6 Å². The van der Waals surface area contributed by atoms with Crippen molar-refractivity contribution >= 4 is 11.8 Å². The Morgan fingerprint density at radius 3 is 2.95 bits per heavy atom. The molecule has 0 amide bonds. The van der Waals surface area contributed by atoms with Gasteiger partial charge in [0, 0.05) is 29.5 Å². The van der Waals surface area contributed by atoms with Crippen LogP contribution in [0.1, 0.15) is 37.8 Å². The summed E-state index contributed by atoms with van der Waals surface area (Å²) >= 11 is 2.07. The molecule has 19 heavy (non-hydrogen) atoms. The molecule has 2 N–H and O–H groups in total. The Kier molecular flexibility index (Phi) is 5.40. The van der Waals surface area contributed by atoms with E-state index in [-0.39, 0.29) is 6.04 Å². The summed E-state index contributed by atoms with van der Waals surface area (Å²) in [5.74, 6) is 2.28. The number of rotatable bonds is 5. The van der Waals surface area contributed by atoms with Crippen LogP contribution in [0.4, 0.5) is 0 Å². The SMILES string of the molecule is COc1ccc(C(C)NCC2CCCCS2)c(O)c1. The van der Waals surface area contributed by atoms with Crippen LogP contribution >= 0.6 is 11.8 Å². The smallest absolute Gasteiger partial charge is 0.124 e. The summed E-state index contributed by atoms with van der Waals surface area (Å²) < 4.78 is 5.10. The van der Waals surface area contributed by atoms with E-state index in [0.29, 0.717) is 11.5 Å². The number of nitrogens with one attached hydrogen (secondary N) is 1. The lowest BCUT2D eigenvalue weighted by molar-refractivity contribution is 0.404. The molecule has 1 aromatic rings. The number of phenolic OH excluding ortho intramolecular Hbond substituents is 1. The Morgan fingerprint density at radius 2 is 2.32 bits per heavy atom. The van der Waals surface area contributed by atoms with E-state index in [1.165, 1.54) is 25.0 Å². The molecule has 1 aromatic carbocycles. The van der Waals surface area contributed by atoms with Gasteiger partial charge in [0.1, 0.15) is 11.5 Å². The maximum absolute atomic E-state index is 10.0. The van der Waals surface area contributed by atoms with E-state index in [9.17, 15) is 5.11 Å². The van der Waals surface area contributed by atoms with Crippen LogP contribution in [0.3, 0.4) is 0 Å². The second kappa shape index (κ2) is 7.06. The van der Waals surface area contributed by atoms with Gasteiger partial charge in [0.2, 0.25) is 0 Å². The third-order valence-corrected chi connectivity index (χ3v) is 5.03. The van der Waals surface area contributed by atoms with Gasteiger partial charge in [-0.25, -0.2) is 0 Å². The molecule has 0 saturated carbocycles. The van der Waals surface area contributed by atoms with Crippen molar-refractivity contribution in [2.24, 2.45) is 0 Å². The summed E-state index contributed by atoms with van der Waals surface area (Å²) in [5.41, 5.74) is 0.932. The molecule has 1 heterocycles. The van der Waals surface area contributed by atoms with Crippen molar-refractivity contribution in [2.45, 2.75) is 37.5 Å². The van der Waals surface area contributed by atoms with Crippen LogP contribution in [-0.4, -0.2) is 29.8 Å². The highest BCUT2D eigenvalue weighted by molar-refractivity contribution is 7.99. The zero-order valence-corrected chi connectivity index (χ0v) is 12.5. The summed E-state index contributed by atoms with van der Waals surface area (Å²) in [5, 5.41) is 14.2. The van der Waals surface area contributed by atoms with Crippen molar-refractivity contribution in [1.29, 1.82) is 0 Å². The molecule has 3 nitrogen and oxygen atoms in total. The van der Waals surface area contributed by atoms with Crippen LogP contribution in [0.25, 0.3) is 0 Å². The van der Waals surface area contributed by atoms with Crippen molar-refractivity contribution in [1.82, 2.24) is 5.32 Å². The number of aromatic hydroxyl groups is 1. The van der Waals surface area contributed by atoms with Crippen molar-refractivity contribution < 1.29 is 9.84 Å². The number of ether oxygens (including phenoxy) is 1. The summed E-state index contributed by atoms with van der Waals surface area (Å²) in [6.45, 7) is 3.10. The van der Waals surface area contributed by atoms with Gasteiger partial charge < -0.3 is 15.2 Å². The fourth-order valence-electron chi connectivity index (χ4n) is 2.40. The minimum atomic E-state index is 0.161. The normalized spacial score (nSPS) is 21.1. The molecule has 0 spiro atoms. The van der Waals surface area contributed by atoms with E-state index < -0.39 is 0 Å². The quantitative estimate of drug-likeness (QED) is 0.868. The Morgan fingerprint density at radius 1 is 1.47 bits per heavy atom. The third kappa shape index (κ3) is 4.05. The Balaban J connectivity index is 1.89. The monoisotopic (exact) mass is 281 g/mol. The average molecular weight is 281 g/mol. The third-order valence-electron chi connectivity index (χ3n) is 3.63. The number of benzene rings is 1. The molecular weight excluding hydrogens is 258 g/mol. The van der Waals surface area contributed by atoms with Crippen molar-refractivity contribution in [3.63, 3.8) is 0 Å². The van der Waals surface area contributed by atoms with Gasteiger partial charge in [0.05, 0.1) is 7.11 Å². The van der Waals surface area contributed by atoms with Crippen LogP contribution in [0.15, 0.2) is 18.2 Å². The topological polar surface area (TPSA) is 41.5 Å². The van der Waals surface area contributed by atoms with Crippen molar-refractivity contribution in [3.8, 4) is 11.5 Å². The molecule has 0 aliphatic carbocycles. The molecule has 1 aliphatic heterocycles. The lowest BCUT2D eigenvalue weighted by Crippen LogP contribution is -2.29. The van der Waals surface area contributed by atoms with Crippen LogP contribution < -0.4 is 10.1 Å². The van der Waals surface area contributed by atoms with Crippen LogP contribution in [0.2, 0.25) is 0 Å². The minimum Gasteiger partial charge on any atom is -0.507 e. The predicted octanol–water partition coefficient (Wildman–Crippen LogP) is 3.34. The average Bonchev–Trinajstić information content (AvgIpc) is 2.45. The van der Waals surface area contributed by atoms with Gasteiger partial charge in [-0.15, -0.1) is 0 Å². The fourth-order valence-corrected chi connectivity index (χ4v) is 3.65. The zero-order valence-electron chi connectivity index (χ0n) is 11.7. The largest absolute Gasteiger partial charge is 0.507 e. The molecule has 1 saturated heterocycles. The van der Waals surface area contributed by atoms with Gasteiger partial charge >= 0.3 is 0 Å². The molecule has 2 atom stereocenters. The minimum absolute atomic E-state index is 0.161. The summed E-state index contributed by atoms with van der Waals surface area (Å²) in [6.07, 6.45) is 4.01. The van der Waals surface area contributed by atoms with Gasteiger partial charge in [0.25, 0.3) is 0 Å². The maximum Gasteiger partial charge on any atom is 0.124 e. The van der Waals surface area contributed by atoms with Crippen molar-refractivity contribution in [3.05, 3.63) is 23.8 Å². The molecule has 4 heteroatoms. The molecule has 2 unspecified atom stereocenters. The first-order valence-electron chi connectivity index (χ1n) is 6.92. The first-order chi connectivity index (χ1) is 9.20. The number of hydrogen-bond acceptors (Lipinski definition) is 4. The van der Waals surface area contributed by atoms with E-state index in [4.69, 9.17) is 4.74 Å². The van der Waals surface area contributed by atoms with E-state index >= 15 is 0 Å². The van der Waals surface area contributed by atoms with Gasteiger partial charge in [-0.2, -0.15) is 11.8 Å². The molecule has 106 valence electrons. The number of thioether (sulfide) groups is 1. The van der Waals surface area contributed by atoms with Gasteiger partial charge in [-0.1, -0.05) is 12.5 Å². The first-order valence-corrected chi connectivity index (χ1v) is 7.97. The van der Waals surface area contributed by atoms with E-state index in [0.717, 1.165) is 17.4 Å². The van der Waals surface area contributed by atoms with Gasteiger partial charge in [0.15, 0.2) is 0 Å². The summed E-state index contributed by atoms with van der Waals surface area (Å²) in [7, 11) is 1.61. The summed E-state index contributed by atoms with van der Waals surface area (Å²) in [6, 6.07) is 5.65. The highest BCUT2D eigenvalue weighted by Crippen LogP contribution is 2.29. The molecular formula is C15H23NO2S. The van der Waals surface area contributed by atoms with Gasteiger partial charge in [-0.3, -0.25) is 0 Å². The highest BCUT2D eigenvalue weighted by atomic mass is 32.2. The fraction of sp³-hybridized carbons (Fsp3) is 0.600. The molecule has 0 radical (unpaired) electrons. The van der Waals surface area contributed by atoms with Crippen molar-refractivity contribution in [2.75, 3.05) is 19.4 Å². The first kappa shape index (κ1) is 14.5. The van der Waals surface area contributed by atoms with E-state index in [1.54, 1.807) is 13.2 Å². The molecule has 1 aliphatic rings. The molecule has 0 bridgehead atoms. The van der Waals surface area contributed by atoms with Crippen LogP contribution in [-0.2, 0) is 0 Å². The number of hydrogen-bond donors (Lipinski definition) is 2. The molecule has 0 aromatic heterocycles. The molecule has 1 fully saturated rings. The number of phenols is 1. The predicted molar refractivity (Wildman–Crippen MR) is 81.2 cm³/mol. The number of methoxy groups -OCH3 is 1. The summed E-state index contributed by atoms with van der Waals surface area (Å²) in [4.78, 5) is 0. The Hall–Kier alpha value is -0.870. The van der Waals surface area contributed by atoms with E-state index in [2.05, 4.69) is 24.0 Å². The van der Waals surface area contributed by atoms with Crippen LogP contribution in [0.5, 0.6) is 11.5 Å². The second-order valence-electron chi connectivity index (χ2n) is 5.04. The Bertz CT molecular complexity index is 405. The lowest BCUT2D eigenvalue weighted by Gasteiger charge is -2.24. The van der Waals surface area contributed by atoms with Crippen LogP contribution in [0, 0.1) is 0 Å². The molecule has 2 rings (SSSR count). The lowest BCUT2D eigenvalue weighted by atomic mass is 10.1. The standard InChI is InChI=1S/C15H23NO2S/c1-11(16-10-13-5-3-4-8-19-13)14-7-6-12(18-2)9-15(14)17/h6-7,9,11,13,16-17H,3-5,8,10H2,1-2H3. The van der Waals surface area contributed by atoms with E-state index in [1.807, 2.05) is 12.1 Å².